The van der Waals surface area contributed by atoms with Crippen LogP contribution < -0.4 is 0 Å². The van der Waals surface area contributed by atoms with E-state index in [1.165, 1.54) is 12.0 Å². The average molecular weight is 291 g/mol. The number of amides is 1. The van der Waals surface area contributed by atoms with Gasteiger partial charge in [-0.05, 0) is 19.4 Å². The van der Waals surface area contributed by atoms with Gasteiger partial charge < -0.3 is 9.47 Å². The summed E-state index contributed by atoms with van der Waals surface area (Å²) in [6, 6.07) is 8.62. The molecule has 21 heavy (non-hydrogen) atoms. The summed E-state index contributed by atoms with van der Waals surface area (Å²) in [5.74, 6) is -0.493. The third-order valence-corrected chi connectivity index (χ3v) is 2.89. The van der Waals surface area contributed by atoms with Gasteiger partial charge >= 0.3 is 12.1 Å². The predicted octanol–water partition coefficient (Wildman–Crippen LogP) is 2.76. The van der Waals surface area contributed by atoms with Crippen molar-refractivity contribution in [2.24, 2.45) is 0 Å². The van der Waals surface area contributed by atoms with Crippen LogP contribution in [0.4, 0.5) is 4.79 Å². The summed E-state index contributed by atoms with van der Waals surface area (Å²) in [4.78, 5) is 25.1. The second kappa shape index (κ2) is 8.09. The van der Waals surface area contributed by atoms with Gasteiger partial charge in [-0.3, -0.25) is 4.90 Å². The standard InChI is InChI=1S/C16H21NO4/c1-12(2)10-17(13(3)15(18)20-4)16(19)21-11-14-8-6-5-7-9-14/h5-9,13H,1,10-11H2,2-4H3/t13-/m0/s1. The molecule has 1 aromatic carbocycles. The Hall–Kier alpha value is -2.30. The second-order valence-electron chi connectivity index (χ2n) is 4.82. The molecule has 0 saturated carbocycles. The predicted molar refractivity (Wildman–Crippen MR) is 79.6 cm³/mol. The summed E-state index contributed by atoms with van der Waals surface area (Å²) < 4.78 is 9.91. The highest BCUT2D eigenvalue weighted by molar-refractivity contribution is 5.81. The molecule has 1 rings (SSSR count). The number of benzene rings is 1. The molecule has 0 radical (unpaired) electrons. The van der Waals surface area contributed by atoms with Crippen molar-refractivity contribution in [2.75, 3.05) is 13.7 Å². The monoisotopic (exact) mass is 291 g/mol. The van der Waals surface area contributed by atoms with Crippen molar-refractivity contribution in [3.63, 3.8) is 0 Å². The number of nitrogens with zero attached hydrogens (tertiary/aromatic N) is 1. The zero-order valence-electron chi connectivity index (χ0n) is 12.7. The molecule has 0 bridgehead atoms. The average Bonchev–Trinajstić information content (AvgIpc) is 2.49. The first-order valence-electron chi connectivity index (χ1n) is 6.65. The number of ether oxygens (including phenoxy) is 2. The summed E-state index contributed by atoms with van der Waals surface area (Å²) in [6.45, 7) is 7.53. The van der Waals surface area contributed by atoms with E-state index in [0.717, 1.165) is 11.1 Å². The molecule has 0 aromatic heterocycles. The number of hydrogen-bond donors (Lipinski definition) is 0. The van der Waals surface area contributed by atoms with Gasteiger partial charge in [0.15, 0.2) is 0 Å². The first-order valence-corrected chi connectivity index (χ1v) is 6.65. The molecule has 1 atom stereocenters. The zero-order chi connectivity index (χ0) is 15.8. The maximum atomic E-state index is 12.2. The summed E-state index contributed by atoms with van der Waals surface area (Å²) in [5, 5.41) is 0. The van der Waals surface area contributed by atoms with E-state index in [1.54, 1.807) is 13.8 Å². The molecule has 0 aliphatic rings. The Morgan fingerprint density at radius 1 is 1.29 bits per heavy atom. The van der Waals surface area contributed by atoms with Crippen LogP contribution in [0.25, 0.3) is 0 Å². The number of carbonyl (C=O) groups is 2. The Kier molecular flexibility index (Phi) is 6.46. The molecule has 0 aliphatic heterocycles. The Balaban J connectivity index is 2.71. The van der Waals surface area contributed by atoms with Gasteiger partial charge in [0.2, 0.25) is 0 Å². The first-order chi connectivity index (χ1) is 9.95. The molecule has 0 saturated heterocycles. The number of carbonyl (C=O) groups excluding carboxylic acids is 2. The van der Waals surface area contributed by atoms with Gasteiger partial charge in [-0.15, -0.1) is 0 Å². The molecule has 5 nitrogen and oxygen atoms in total. The molecular weight excluding hydrogens is 270 g/mol. The van der Waals surface area contributed by atoms with Gasteiger partial charge in [0.25, 0.3) is 0 Å². The van der Waals surface area contributed by atoms with E-state index in [-0.39, 0.29) is 13.2 Å². The molecule has 5 heteroatoms. The topological polar surface area (TPSA) is 55.8 Å². The Labute approximate surface area is 125 Å². The molecule has 0 aliphatic carbocycles. The van der Waals surface area contributed by atoms with Crippen molar-refractivity contribution in [1.29, 1.82) is 0 Å². The van der Waals surface area contributed by atoms with Crippen LogP contribution in [-0.4, -0.2) is 36.7 Å². The summed E-state index contributed by atoms with van der Waals surface area (Å²) >= 11 is 0. The summed E-state index contributed by atoms with van der Waals surface area (Å²) in [5.41, 5.74) is 1.63. The quantitative estimate of drug-likeness (QED) is 0.597. The lowest BCUT2D eigenvalue weighted by Crippen LogP contribution is -2.44. The zero-order valence-corrected chi connectivity index (χ0v) is 12.7. The van der Waals surface area contributed by atoms with Crippen LogP contribution in [0.15, 0.2) is 42.5 Å². The Bertz CT molecular complexity index is 498. The molecule has 0 fully saturated rings. The van der Waals surface area contributed by atoms with E-state index in [1.807, 2.05) is 30.3 Å². The Morgan fingerprint density at radius 2 is 1.90 bits per heavy atom. The fraction of sp³-hybridized carbons (Fsp3) is 0.375. The first kappa shape index (κ1) is 16.8. The molecule has 1 amide bonds. The van der Waals surface area contributed by atoms with E-state index in [2.05, 4.69) is 11.3 Å². The van der Waals surface area contributed by atoms with Gasteiger partial charge in [-0.1, -0.05) is 42.5 Å². The highest BCUT2D eigenvalue weighted by atomic mass is 16.6. The molecule has 0 unspecified atom stereocenters. The molecule has 0 spiro atoms. The van der Waals surface area contributed by atoms with Crippen molar-refractivity contribution in [2.45, 2.75) is 26.5 Å². The van der Waals surface area contributed by atoms with Crippen molar-refractivity contribution in [3.05, 3.63) is 48.0 Å². The fourth-order valence-electron chi connectivity index (χ4n) is 1.75. The SMILES string of the molecule is C=C(C)CN(C(=O)OCc1ccccc1)[C@@H](C)C(=O)OC. The second-order valence-corrected chi connectivity index (χ2v) is 4.82. The molecule has 114 valence electrons. The normalized spacial score (nSPS) is 11.4. The van der Waals surface area contributed by atoms with E-state index >= 15 is 0 Å². The lowest BCUT2D eigenvalue weighted by atomic mass is 10.2. The van der Waals surface area contributed by atoms with Crippen LogP contribution in [0.5, 0.6) is 0 Å². The molecule has 0 heterocycles. The number of hydrogen-bond acceptors (Lipinski definition) is 4. The maximum absolute atomic E-state index is 12.2. The maximum Gasteiger partial charge on any atom is 0.411 e. The highest BCUT2D eigenvalue weighted by Gasteiger charge is 2.27. The van der Waals surface area contributed by atoms with Crippen molar-refractivity contribution in [1.82, 2.24) is 4.90 Å². The third-order valence-electron chi connectivity index (χ3n) is 2.89. The smallest absolute Gasteiger partial charge is 0.411 e. The van der Waals surface area contributed by atoms with Crippen molar-refractivity contribution in [3.8, 4) is 0 Å². The van der Waals surface area contributed by atoms with Crippen LogP contribution in [-0.2, 0) is 20.9 Å². The van der Waals surface area contributed by atoms with Crippen LogP contribution in [0, 0.1) is 0 Å². The minimum atomic E-state index is -0.727. The number of methoxy groups -OCH3 is 1. The van der Waals surface area contributed by atoms with Crippen LogP contribution in [0.3, 0.4) is 0 Å². The van der Waals surface area contributed by atoms with Crippen LogP contribution >= 0.6 is 0 Å². The van der Waals surface area contributed by atoms with Gasteiger partial charge in [0.1, 0.15) is 12.6 Å². The lowest BCUT2D eigenvalue weighted by molar-refractivity contribution is -0.145. The van der Waals surface area contributed by atoms with Crippen molar-refractivity contribution >= 4 is 12.1 Å². The minimum Gasteiger partial charge on any atom is -0.467 e. The van der Waals surface area contributed by atoms with Gasteiger partial charge in [0, 0.05) is 6.54 Å². The van der Waals surface area contributed by atoms with Gasteiger partial charge in [-0.2, -0.15) is 0 Å². The Morgan fingerprint density at radius 3 is 2.43 bits per heavy atom. The number of esters is 1. The largest absolute Gasteiger partial charge is 0.467 e. The minimum absolute atomic E-state index is 0.153. The van der Waals surface area contributed by atoms with Gasteiger partial charge in [0.05, 0.1) is 7.11 Å². The van der Waals surface area contributed by atoms with E-state index in [0.29, 0.717) is 0 Å². The molecular formula is C16H21NO4. The third kappa shape index (κ3) is 5.30. The fourth-order valence-corrected chi connectivity index (χ4v) is 1.75. The lowest BCUT2D eigenvalue weighted by Gasteiger charge is -2.26. The highest BCUT2D eigenvalue weighted by Crippen LogP contribution is 2.09. The van der Waals surface area contributed by atoms with E-state index < -0.39 is 18.1 Å². The van der Waals surface area contributed by atoms with E-state index in [4.69, 9.17) is 4.74 Å². The number of rotatable bonds is 6. The van der Waals surface area contributed by atoms with Crippen LogP contribution in [0.1, 0.15) is 19.4 Å². The van der Waals surface area contributed by atoms with E-state index in [9.17, 15) is 9.59 Å². The molecule has 0 N–H and O–H groups in total. The molecule has 1 aromatic rings. The van der Waals surface area contributed by atoms with Crippen molar-refractivity contribution < 1.29 is 19.1 Å². The van der Waals surface area contributed by atoms with Crippen LogP contribution in [0.2, 0.25) is 0 Å². The summed E-state index contributed by atoms with van der Waals surface area (Å²) in [6.07, 6.45) is -0.570. The van der Waals surface area contributed by atoms with Gasteiger partial charge in [-0.25, -0.2) is 9.59 Å². The summed E-state index contributed by atoms with van der Waals surface area (Å²) in [7, 11) is 1.28.